The van der Waals surface area contributed by atoms with E-state index in [1.807, 2.05) is 6.08 Å². The number of carbonyl (C=O) groups excluding carboxylic acids is 1. The number of esters is 1. The van der Waals surface area contributed by atoms with Crippen molar-refractivity contribution in [1.29, 1.82) is 0 Å². The molecule has 1 heterocycles. The monoisotopic (exact) mass is 164 g/mol. The van der Waals surface area contributed by atoms with Gasteiger partial charge in [0, 0.05) is 6.08 Å². The first-order chi connectivity index (χ1) is 5.86. The molecule has 1 aliphatic carbocycles. The Morgan fingerprint density at radius 2 is 2.33 bits per heavy atom. The van der Waals surface area contributed by atoms with Crippen molar-refractivity contribution >= 4 is 5.97 Å². The first-order valence-corrected chi connectivity index (χ1v) is 4.44. The molecule has 2 aliphatic rings. The molecule has 2 rings (SSSR count). The lowest BCUT2D eigenvalue weighted by atomic mass is 9.96. The highest BCUT2D eigenvalue weighted by molar-refractivity contribution is 5.84. The summed E-state index contributed by atoms with van der Waals surface area (Å²) in [5.41, 5.74) is 1.28. The third kappa shape index (κ3) is 1.42. The molecule has 0 aromatic carbocycles. The number of ether oxygens (including phenoxy) is 1. The third-order valence-electron chi connectivity index (χ3n) is 2.34. The summed E-state index contributed by atoms with van der Waals surface area (Å²) in [6.45, 7) is 0. The minimum atomic E-state index is -0.202. The number of cyclic esters (lactones) is 1. The fourth-order valence-corrected chi connectivity index (χ4v) is 1.69. The Kier molecular flexibility index (Phi) is 1.98. The van der Waals surface area contributed by atoms with E-state index in [-0.39, 0.29) is 12.1 Å². The Hall–Kier alpha value is -1.05. The van der Waals surface area contributed by atoms with Gasteiger partial charge in [-0.15, -0.1) is 0 Å². The van der Waals surface area contributed by atoms with Crippen LogP contribution < -0.4 is 0 Å². The van der Waals surface area contributed by atoms with E-state index in [2.05, 4.69) is 6.08 Å². The van der Waals surface area contributed by atoms with Crippen LogP contribution in [0, 0.1) is 0 Å². The summed E-state index contributed by atoms with van der Waals surface area (Å²) in [5.74, 6) is -0.202. The second-order valence-electron chi connectivity index (χ2n) is 3.24. The van der Waals surface area contributed by atoms with Crippen molar-refractivity contribution in [2.24, 2.45) is 0 Å². The zero-order valence-corrected chi connectivity index (χ0v) is 6.95. The van der Waals surface area contributed by atoms with Gasteiger partial charge in [0.15, 0.2) is 0 Å². The number of hydrogen-bond donors (Lipinski definition) is 0. The van der Waals surface area contributed by atoms with E-state index >= 15 is 0 Å². The van der Waals surface area contributed by atoms with Crippen LogP contribution in [0.5, 0.6) is 0 Å². The lowest BCUT2D eigenvalue weighted by molar-refractivity contribution is -0.137. The standard InChI is InChI=1S/C10H12O2/c11-10-7-6-9(12-10)8-4-2-1-3-5-8/h4,6-7,9H,1-3,5H2. The first kappa shape index (κ1) is 7.59. The van der Waals surface area contributed by atoms with Gasteiger partial charge in [-0.1, -0.05) is 6.08 Å². The second kappa shape index (κ2) is 3.13. The van der Waals surface area contributed by atoms with Crippen molar-refractivity contribution in [3.8, 4) is 0 Å². The van der Waals surface area contributed by atoms with Gasteiger partial charge in [-0.2, -0.15) is 0 Å². The number of hydrogen-bond acceptors (Lipinski definition) is 2. The summed E-state index contributed by atoms with van der Waals surface area (Å²) >= 11 is 0. The van der Waals surface area contributed by atoms with Crippen LogP contribution in [0.2, 0.25) is 0 Å². The van der Waals surface area contributed by atoms with Gasteiger partial charge >= 0.3 is 5.97 Å². The second-order valence-corrected chi connectivity index (χ2v) is 3.24. The number of carbonyl (C=O) groups is 1. The van der Waals surface area contributed by atoms with Crippen LogP contribution in [-0.2, 0) is 9.53 Å². The maximum Gasteiger partial charge on any atom is 0.331 e. The van der Waals surface area contributed by atoms with Crippen molar-refractivity contribution < 1.29 is 9.53 Å². The van der Waals surface area contributed by atoms with E-state index in [4.69, 9.17) is 4.74 Å². The summed E-state index contributed by atoms with van der Waals surface area (Å²) in [4.78, 5) is 10.8. The number of rotatable bonds is 1. The van der Waals surface area contributed by atoms with E-state index < -0.39 is 0 Å². The van der Waals surface area contributed by atoms with Crippen molar-refractivity contribution in [2.45, 2.75) is 31.8 Å². The average Bonchev–Trinajstić information content (AvgIpc) is 2.54. The molecule has 0 amide bonds. The minimum Gasteiger partial charge on any atom is -0.450 e. The van der Waals surface area contributed by atoms with Crippen molar-refractivity contribution in [2.75, 3.05) is 0 Å². The van der Waals surface area contributed by atoms with Gasteiger partial charge in [0.25, 0.3) is 0 Å². The van der Waals surface area contributed by atoms with Gasteiger partial charge in [-0.05, 0) is 37.3 Å². The van der Waals surface area contributed by atoms with Crippen LogP contribution in [0.15, 0.2) is 23.8 Å². The zero-order chi connectivity index (χ0) is 8.39. The lowest BCUT2D eigenvalue weighted by Gasteiger charge is -2.16. The van der Waals surface area contributed by atoms with Crippen LogP contribution in [0.25, 0.3) is 0 Å². The van der Waals surface area contributed by atoms with Crippen molar-refractivity contribution in [1.82, 2.24) is 0 Å². The van der Waals surface area contributed by atoms with E-state index in [9.17, 15) is 4.79 Å². The molecule has 0 spiro atoms. The molecule has 2 nitrogen and oxygen atoms in total. The molecular formula is C10H12O2. The van der Waals surface area contributed by atoms with Gasteiger partial charge in [-0.3, -0.25) is 0 Å². The first-order valence-electron chi connectivity index (χ1n) is 4.44. The Balaban J connectivity index is 2.05. The van der Waals surface area contributed by atoms with Crippen LogP contribution in [-0.4, -0.2) is 12.1 Å². The summed E-state index contributed by atoms with van der Waals surface area (Å²) < 4.78 is 5.08. The molecule has 0 bridgehead atoms. The Bertz CT molecular complexity index is 251. The molecule has 12 heavy (non-hydrogen) atoms. The molecule has 0 radical (unpaired) electrons. The van der Waals surface area contributed by atoms with Crippen molar-refractivity contribution in [3.63, 3.8) is 0 Å². The molecule has 0 aromatic rings. The molecule has 0 saturated heterocycles. The molecule has 64 valence electrons. The molecule has 2 heteroatoms. The summed E-state index contributed by atoms with van der Waals surface area (Å²) in [6.07, 6.45) is 10.2. The highest BCUT2D eigenvalue weighted by atomic mass is 16.5. The Morgan fingerprint density at radius 1 is 1.42 bits per heavy atom. The lowest BCUT2D eigenvalue weighted by Crippen LogP contribution is -2.12. The summed E-state index contributed by atoms with van der Waals surface area (Å²) in [6, 6.07) is 0. The fraction of sp³-hybridized carbons (Fsp3) is 0.500. The van der Waals surface area contributed by atoms with Crippen LogP contribution in [0.1, 0.15) is 25.7 Å². The average molecular weight is 164 g/mol. The molecule has 0 aromatic heterocycles. The minimum absolute atomic E-state index is 0.0437. The summed E-state index contributed by atoms with van der Waals surface area (Å²) in [5, 5.41) is 0. The molecule has 0 fully saturated rings. The highest BCUT2D eigenvalue weighted by Crippen LogP contribution is 2.24. The predicted molar refractivity (Wildman–Crippen MR) is 45.6 cm³/mol. The fourth-order valence-electron chi connectivity index (χ4n) is 1.69. The SMILES string of the molecule is O=C1C=CC(C2=CCCCC2)O1. The molecule has 1 aliphatic heterocycles. The normalized spacial score (nSPS) is 28.5. The zero-order valence-electron chi connectivity index (χ0n) is 6.95. The molecule has 1 atom stereocenters. The molecule has 0 N–H and O–H groups in total. The maximum atomic E-state index is 10.8. The predicted octanol–water partition coefficient (Wildman–Crippen LogP) is 1.97. The van der Waals surface area contributed by atoms with Crippen LogP contribution in [0.3, 0.4) is 0 Å². The smallest absolute Gasteiger partial charge is 0.331 e. The largest absolute Gasteiger partial charge is 0.450 e. The Morgan fingerprint density at radius 3 is 2.92 bits per heavy atom. The van der Waals surface area contributed by atoms with E-state index in [0.29, 0.717) is 0 Å². The number of allylic oxidation sites excluding steroid dienone is 1. The van der Waals surface area contributed by atoms with Gasteiger partial charge in [0.05, 0.1) is 0 Å². The quantitative estimate of drug-likeness (QED) is 0.437. The van der Waals surface area contributed by atoms with E-state index in [1.165, 1.54) is 24.5 Å². The van der Waals surface area contributed by atoms with Crippen molar-refractivity contribution in [3.05, 3.63) is 23.8 Å². The van der Waals surface area contributed by atoms with Crippen LogP contribution in [0.4, 0.5) is 0 Å². The van der Waals surface area contributed by atoms with Crippen LogP contribution >= 0.6 is 0 Å². The topological polar surface area (TPSA) is 26.3 Å². The molecule has 0 saturated carbocycles. The van der Waals surface area contributed by atoms with E-state index in [0.717, 1.165) is 12.8 Å². The Labute approximate surface area is 71.9 Å². The molecular weight excluding hydrogens is 152 g/mol. The molecule has 1 unspecified atom stereocenters. The van der Waals surface area contributed by atoms with Gasteiger partial charge < -0.3 is 4.74 Å². The highest BCUT2D eigenvalue weighted by Gasteiger charge is 2.21. The van der Waals surface area contributed by atoms with E-state index in [1.54, 1.807) is 0 Å². The third-order valence-corrected chi connectivity index (χ3v) is 2.34. The van der Waals surface area contributed by atoms with Gasteiger partial charge in [0.2, 0.25) is 0 Å². The van der Waals surface area contributed by atoms with Gasteiger partial charge in [-0.25, -0.2) is 4.79 Å². The van der Waals surface area contributed by atoms with Gasteiger partial charge in [0.1, 0.15) is 6.10 Å². The maximum absolute atomic E-state index is 10.8. The summed E-state index contributed by atoms with van der Waals surface area (Å²) in [7, 11) is 0.